The van der Waals surface area contributed by atoms with Crippen LogP contribution in [0.2, 0.25) is 0 Å². The third kappa shape index (κ3) is 8.61. The molecule has 0 aliphatic rings. The number of carbonyl (C=O) groups is 4. The molecule has 0 aliphatic carbocycles. The van der Waals surface area contributed by atoms with Crippen molar-refractivity contribution in [3.05, 3.63) is 91.4 Å². The molecule has 0 radical (unpaired) electrons. The molecule has 222 valence electrons. The lowest BCUT2D eigenvalue weighted by Crippen LogP contribution is -2.50. The van der Waals surface area contributed by atoms with Crippen molar-refractivity contribution >= 4 is 34.9 Å². The Morgan fingerprint density at radius 3 is 2.26 bits per heavy atom. The molecule has 2 aromatic carbocycles. The highest BCUT2D eigenvalue weighted by Crippen LogP contribution is 2.20. The summed E-state index contributed by atoms with van der Waals surface area (Å²) < 4.78 is 15.9. The highest BCUT2D eigenvalue weighted by atomic mass is 16.5. The number of ether oxygens (including phenoxy) is 2. The summed E-state index contributed by atoms with van der Waals surface area (Å²) in [4.78, 5) is 56.1. The largest absolute Gasteiger partial charge is 0.467 e. The van der Waals surface area contributed by atoms with Gasteiger partial charge in [-0.3, -0.25) is 14.4 Å². The molecule has 42 heavy (non-hydrogen) atoms. The number of oxazole rings is 1. The fourth-order valence-electron chi connectivity index (χ4n) is 4.24. The van der Waals surface area contributed by atoms with Crippen LogP contribution in [0.4, 0.5) is 0 Å². The fourth-order valence-corrected chi connectivity index (χ4v) is 4.24. The summed E-state index contributed by atoms with van der Waals surface area (Å²) in [5.74, 6) is -4.67. The highest BCUT2D eigenvalue weighted by molar-refractivity contribution is 6.01. The molecule has 3 N–H and O–H groups in total. The van der Waals surface area contributed by atoms with Gasteiger partial charge in [0, 0.05) is 6.42 Å². The van der Waals surface area contributed by atoms with E-state index in [0.29, 0.717) is 22.6 Å². The van der Waals surface area contributed by atoms with Crippen LogP contribution in [0, 0.1) is 11.8 Å². The van der Waals surface area contributed by atoms with Crippen molar-refractivity contribution in [3.63, 3.8) is 0 Å². The van der Waals surface area contributed by atoms with Gasteiger partial charge in [-0.25, -0.2) is 9.78 Å². The third-order valence-corrected chi connectivity index (χ3v) is 6.47. The Balaban J connectivity index is 1.66. The zero-order chi connectivity index (χ0) is 30.5. The average Bonchev–Trinajstić information content (AvgIpc) is 3.42. The quantitative estimate of drug-likeness (QED) is 0.132. The molecule has 1 heterocycles. The van der Waals surface area contributed by atoms with E-state index in [-0.39, 0.29) is 19.3 Å². The van der Waals surface area contributed by atoms with E-state index in [1.54, 1.807) is 48.5 Å². The summed E-state index contributed by atoms with van der Waals surface area (Å²) in [7, 11) is 1.12. The van der Waals surface area contributed by atoms with Gasteiger partial charge in [-0.1, -0.05) is 54.6 Å². The lowest BCUT2D eigenvalue weighted by atomic mass is 10.0. The lowest BCUT2D eigenvalue weighted by Gasteiger charge is -2.23. The number of allylic oxidation sites excluding steroid dienone is 2. The maximum absolute atomic E-state index is 13.2. The molecule has 0 saturated heterocycles. The molecular weight excluding hydrogens is 542 g/mol. The molecule has 1 aromatic heterocycles. The van der Waals surface area contributed by atoms with E-state index in [0.717, 1.165) is 7.11 Å². The van der Waals surface area contributed by atoms with E-state index in [4.69, 9.17) is 13.9 Å². The summed E-state index contributed by atoms with van der Waals surface area (Å²) in [5, 5.41) is 14.9. The number of carbonyl (C=O) groups excluding carboxylic acids is 4. The Morgan fingerprint density at radius 1 is 0.952 bits per heavy atom. The molecule has 2 amide bonds. The minimum Gasteiger partial charge on any atom is -0.467 e. The van der Waals surface area contributed by atoms with Crippen molar-refractivity contribution in [2.45, 2.75) is 31.3 Å². The van der Waals surface area contributed by atoms with Crippen LogP contribution in [-0.2, 0) is 35.1 Å². The SMILES string of the molecule is C=CCC(C(=O)N[C@@H](CO)c1ccccc1)C(=O)N[C@H](COC(=O)[C@H](CC=C)Cc1nc2ccccc2o1)C(=O)OC. The summed E-state index contributed by atoms with van der Waals surface area (Å²) in [5.41, 5.74) is 1.88. The second-order valence-electron chi connectivity index (χ2n) is 9.45. The van der Waals surface area contributed by atoms with Crippen molar-refractivity contribution < 1.29 is 38.2 Å². The van der Waals surface area contributed by atoms with Gasteiger partial charge in [-0.05, 0) is 30.5 Å². The maximum atomic E-state index is 13.2. The van der Waals surface area contributed by atoms with E-state index in [1.165, 1.54) is 6.08 Å². The van der Waals surface area contributed by atoms with Crippen LogP contribution >= 0.6 is 0 Å². The first kappa shape index (κ1) is 31.8. The number of nitrogens with one attached hydrogen (secondary N) is 2. The summed E-state index contributed by atoms with van der Waals surface area (Å²) in [6.07, 6.45) is 3.27. The molecule has 4 atom stereocenters. The smallest absolute Gasteiger partial charge is 0.331 e. The van der Waals surface area contributed by atoms with Crippen molar-refractivity contribution in [1.29, 1.82) is 0 Å². The van der Waals surface area contributed by atoms with Crippen molar-refractivity contribution in [2.75, 3.05) is 20.3 Å². The first-order valence-corrected chi connectivity index (χ1v) is 13.4. The van der Waals surface area contributed by atoms with Gasteiger partial charge in [0.1, 0.15) is 18.0 Å². The molecule has 11 heteroatoms. The Morgan fingerprint density at radius 2 is 1.62 bits per heavy atom. The second kappa shape index (κ2) is 15.9. The first-order chi connectivity index (χ1) is 20.3. The zero-order valence-electron chi connectivity index (χ0n) is 23.4. The van der Waals surface area contributed by atoms with Gasteiger partial charge in [-0.2, -0.15) is 0 Å². The fraction of sp³-hybridized carbons (Fsp3) is 0.323. The normalized spacial score (nSPS) is 13.7. The number of benzene rings is 2. The van der Waals surface area contributed by atoms with Gasteiger partial charge in [-0.15, -0.1) is 13.2 Å². The number of para-hydroxylation sites is 2. The second-order valence-corrected chi connectivity index (χ2v) is 9.45. The molecule has 3 aromatic rings. The van der Waals surface area contributed by atoms with Gasteiger partial charge in [0.2, 0.25) is 11.8 Å². The topological polar surface area (TPSA) is 157 Å². The number of aromatic nitrogens is 1. The van der Waals surface area contributed by atoms with Crippen LogP contribution in [0.3, 0.4) is 0 Å². The summed E-state index contributed by atoms with van der Waals surface area (Å²) in [6.45, 7) is 6.37. The van der Waals surface area contributed by atoms with E-state index in [9.17, 15) is 24.3 Å². The van der Waals surface area contributed by atoms with Crippen LogP contribution in [-0.4, -0.2) is 60.2 Å². The van der Waals surface area contributed by atoms with Gasteiger partial charge >= 0.3 is 11.9 Å². The van der Waals surface area contributed by atoms with E-state index in [1.807, 2.05) is 12.1 Å². The van der Waals surface area contributed by atoms with Crippen molar-refractivity contribution in [2.24, 2.45) is 11.8 Å². The molecular formula is C31H35N3O8. The average molecular weight is 578 g/mol. The van der Waals surface area contributed by atoms with Gasteiger partial charge < -0.3 is 29.6 Å². The predicted molar refractivity (Wildman–Crippen MR) is 154 cm³/mol. The summed E-state index contributed by atoms with van der Waals surface area (Å²) in [6, 6.07) is 13.8. The number of hydrogen-bond donors (Lipinski definition) is 3. The first-order valence-electron chi connectivity index (χ1n) is 13.4. The van der Waals surface area contributed by atoms with Crippen LogP contribution in [0.25, 0.3) is 11.1 Å². The minimum atomic E-state index is -1.39. The van der Waals surface area contributed by atoms with Crippen LogP contribution in [0.1, 0.15) is 30.3 Å². The minimum absolute atomic E-state index is 0.0514. The van der Waals surface area contributed by atoms with Crippen LogP contribution in [0.5, 0.6) is 0 Å². The number of hydrogen-bond acceptors (Lipinski definition) is 9. The Labute approximate surface area is 243 Å². The van der Waals surface area contributed by atoms with E-state index < -0.39 is 60.9 Å². The number of fused-ring (bicyclic) bond motifs is 1. The number of aliphatic hydroxyl groups excluding tert-OH is 1. The number of amides is 2. The molecule has 11 nitrogen and oxygen atoms in total. The standard InChI is InChI=1S/C31H35N3O8/c1-4-11-21(17-27-32-23-15-9-10-16-26(23)42-27)30(38)41-19-25(31(39)40-3)34-29(37)22(12-5-2)28(36)33-24(18-35)20-13-7-6-8-14-20/h4-10,13-16,21-22,24-25,35H,1-2,11-12,17-19H2,3H3,(H,33,36)(H,34,37)/t21-,22?,24+,25-/m1/s1. The summed E-state index contributed by atoms with van der Waals surface area (Å²) >= 11 is 0. The maximum Gasteiger partial charge on any atom is 0.331 e. The Bertz CT molecular complexity index is 1350. The predicted octanol–water partition coefficient (Wildman–Crippen LogP) is 2.81. The Kier molecular flexibility index (Phi) is 12.0. The highest BCUT2D eigenvalue weighted by Gasteiger charge is 2.33. The van der Waals surface area contributed by atoms with Crippen LogP contribution < -0.4 is 10.6 Å². The lowest BCUT2D eigenvalue weighted by molar-refractivity contribution is -0.155. The number of rotatable bonds is 16. The number of nitrogens with zero attached hydrogens (tertiary/aromatic N) is 1. The number of aliphatic hydroxyl groups is 1. The van der Waals surface area contributed by atoms with Crippen LogP contribution in [0.15, 0.2) is 84.3 Å². The molecule has 0 saturated carbocycles. The number of esters is 2. The third-order valence-electron chi connectivity index (χ3n) is 6.47. The molecule has 0 spiro atoms. The molecule has 0 aliphatic heterocycles. The zero-order valence-corrected chi connectivity index (χ0v) is 23.4. The van der Waals surface area contributed by atoms with Gasteiger partial charge in [0.05, 0.1) is 25.7 Å². The molecule has 0 bridgehead atoms. The van der Waals surface area contributed by atoms with Gasteiger partial charge in [0.25, 0.3) is 0 Å². The molecule has 3 rings (SSSR count). The van der Waals surface area contributed by atoms with E-state index in [2.05, 4.69) is 28.8 Å². The monoisotopic (exact) mass is 577 g/mol. The molecule has 1 unspecified atom stereocenters. The van der Waals surface area contributed by atoms with E-state index >= 15 is 0 Å². The van der Waals surface area contributed by atoms with Crippen molar-refractivity contribution in [1.82, 2.24) is 15.6 Å². The van der Waals surface area contributed by atoms with Gasteiger partial charge in [0.15, 0.2) is 17.5 Å². The Hall–Kier alpha value is -4.77. The van der Waals surface area contributed by atoms with Crippen molar-refractivity contribution in [3.8, 4) is 0 Å². The molecule has 0 fully saturated rings. The number of methoxy groups -OCH3 is 1.